The first-order valence-corrected chi connectivity index (χ1v) is 12.0. The Hall–Kier alpha value is -1.26. The summed E-state index contributed by atoms with van der Waals surface area (Å²) in [5.41, 5.74) is 0.660. The van der Waals surface area contributed by atoms with Crippen LogP contribution >= 0.6 is 0 Å². The van der Waals surface area contributed by atoms with Crippen molar-refractivity contribution in [1.82, 2.24) is 15.5 Å². The van der Waals surface area contributed by atoms with Crippen LogP contribution < -0.4 is 10.6 Å². The number of likely N-dealkylation sites (tertiary alicyclic amines) is 1. The number of nitrogens with one attached hydrogen (secondary N) is 2. The van der Waals surface area contributed by atoms with Crippen molar-refractivity contribution in [3.05, 3.63) is 0 Å². The van der Waals surface area contributed by atoms with Crippen molar-refractivity contribution in [1.29, 1.82) is 0 Å². The molecule has 0 aromatic heterocycles. The van der Waals surface area contributed by atoms with Crippen molar-refractivity contribution in [2.24, 2.45) is 34.5 Å². The summed E-state index contributed by atoms with van der Waals surface area (Å²) < 4.78 is 0. The molecule has 3 amide bonds. The van der Waals surface area contributed by atoms with E-state index < -0.39 is 0 Å². The molecule has 0 bridgehead atoms. The molecule has 5 heteroatoms. The van der Waals surface area contributed by atoms with Crippen LogP contribution in [0.5, 0.6) is 0 Å². The summed E-state index contributed by atoms with van der Waals surface area (Å²) >= 11 is 0. The second-order valence-electron chi connectivity index (χ2n) is 10.3. The normalized spacial score (nSPS) is 43.3. The van der Waals surface area contributed by atoms with Gasteiger partial charge in [-0.1, -0.05) is 27.7 Å². The topological polar surface area (TPSA) is 61.4 Å². The number of carbonyl (C=O) groups excluding carboxylic acids is 2. The molecule has 1 saturated heterocycles. The number of rotatable bonds is 2. The van der Waals surface area contributed by atoms with Gasteiger partial charge in [0.2, 0.25) is 5.91 Å². The molecule has 166 valence electrons. The third-order valence-corrected chi connectivity index (χ3v) is 9.49. The Morgan fingerprint density at radius 2 is 1.72 bits per heavy atom. The van der Waals surface area contributed by atoms with Gasteiger partial charge in [0, 0.05) is 33.1 Å². The van der Waals surface area contributed by atoms with Gasteiger partial charge in [0.1, 0.15) is 0 Å². The van der Waals surface area contributed by atoms with Crippen LogP contribution in [0.15, 0.2) is 0 Å². The minimum Gasteiger partial charge on any atom is -0.342 e. The van der Waals surface area contributed by atoms with Gasteiger partial charge in [0.25, 0.3) is 0 Å². The fourth-order valence-corrected chi connectivity index (χ4v) is 7.90. The first kappa shape index (κ1) is 22.4. The van der Waals surface area contributed by atoms with Crippen molar-refractivity contribution in [3.8, 4) is 0 Å². The van der Waals surface area contributed by atoms with E-state index in [-0.39, 0.29) is 6.03 Å². The number of amides is 3. The van der Waals surface area contributed by atoms with Crippen LogP contribution in [0.1, 0.15) is 79.1 Å². The molecule has 0 aromatic rings. The lowest BCUT2D eigenvalue weighted by Crippen LogP contribution is -2.61. The molecule has 2 N–H and O–H groups in total. The minimum atomic E-state index is -0.0568. The van der Waals surface area contributed by atoms with Gasteiger partial charge in [-0.05, 0) is 79.4 Å². The van der Waals surface area contributed by atoms with Crippen LogP contribution in [-0.2, 0) is 4.79 Å². The molecule has 4 fully saturated rings. The Kier molecular flexibility index (Phi) is 6.55. The van der Waals surface area contributed by atoms with Crippen LogP contribution in [0.3, 0.4) is 0 Å². The fourth-order valence-electron chi connectivity index (χ4n) is 7.90. The molecule has 1 heterocycles. The second kappa shape index (κ2) is 8.47. The quantitative estimate of drug-likeness (QED) is 0.714. The maximum Gasteiger partial charge on any atom is 0.314 e. The average molecular weight is 406 g/mol. The highest BCUT2D eigenvalue weighted by molar-refractivity contribution is 5.77. The molecule has 0 spiro atoms. The van der Waals surface area contributed by atoms with Crippen molar-refractivity contribution < 1.29 is 9.59 Å². The molecule has 4 aliphatic rings. The monoisotopic (exact) mass is 405 g/mol. The highest BCUT2D eigenvalue weighted by atomic mass is 16.2. The molecule has 4 rings (SSSR count). The van der Waals surface area contributed by atoms with E-state index >= 15 is 0 Å². The predicted molar refractivity (Wildman–Crippen MR) is 117 cm³/mol. The predicted octanol–water partition coefficient (Wildman–Crippen LogP) is 4.42. The highest BCUT2D eigenvalue weighted by Gasteiger charge is 2.60. The van der Waals surface area contributed by atoms with Crippen LogP contribution in [0, 0.1) is 34.5 Å². The lowest BCUT2D eigenvalue weighted by Gasteiger charge is -2.61. The highest BCUT2D eigenvalue weighted by Crippen LogP contribution is 2.65. The molecule has 29 heavy (non-hydrogen) atoms. The van der Waals surface area contributed by atoms with Gasteiger partial charge in [-0.3, -0.25) is 4.79 Å². The van der Waals surface area contributed by atoms with Crippen molar-refractivity contribution >= 4 is 11.9 Å². The van der Waals surface area contributed by atoms with E-state index in [0.717, 1.165) is 37.1 Å². The number of fused-ring (bicyclic) bond motifs is 5. The summed E-state index contributed by atoms with van der Waals surface area (Å²) in [4.78, 5) is 26.0. The standard InChI is InChI=1S/C22H37N3O2.C2H6/c1-21-11-9-17-15(16(21)7-5-14(21)13-24-20(27)23-3)6-8-18-22(17,2)12-10-19(26)25(18)4;1-2/h14-18H,5-13H2,1-4H3,(H2,23,24,27);1-2H3. The third kappa shape index (κ3) is 3.57. The second-order valence-corrected chi connectivity index (χ2v) is 10.3. The van der Waals surface area contributed by atoms with E-state index in [4.69, 9.17) is 0 Å². The molecule has 3 aliphatic carbocycles. The van der Waals surface area contributed by atoms with Gasteiger partial charge < -0.3 is 15.5 Å². The first-order chi connectivity index (χ1) is 13.8. The minimum absolute atomic E-state index is 0.0568. The van der Waals surface area contributed by atoms with Gasteiger partial charge in [-0.25, -0.2) is 4.79 Å². The molecule has 0 radical (unpaired) electrons. The fraction of sp³-hybridized carbons (Fsp3) is 0.917. The van der Waals surface area contributed by atoms with Gasteiger partial charge in [-0.15, -0.1) is 0 Å². The number of piperidine rings is 1. The number of nitrogens with zero attached hydrogens (tertiary/aromatic N) is 1. The van der Waals surface area contributed by atoms with E-state index in [9.17, 15) is 9.59 Å². The van der Waals surface area contributed by atoms with Gasteiger partial charge in [0.15, 0.2) is 0 Å². The summed E-state index contributed by atoms with van der Waals surface area (Å²) in [6.07, 6.45) is 9.38. The average Bonchev–Trinajstić information content (AvgIpc) is 3.07. The smallest absolute Gasteiger partial charge is 0.314 e. The molecule has 5 nitrogen and oxygen atoms in total. The number of hydrogen-bond donors (Lipinski definition) is 2. The van der Waals surface area contributed by atoms with Crippen LogP contribution in [0.4, 0.5) is 4.79 Å². The van der Waals surface area contributed by atoms with Crippen LogP contribution in [0.25, 0.3) is 0 Å². The van der Waals surface area contributed by atoms with E-state index in [2.05, 4.69) is 29.4 Å². The van der Waals surface area contributed by atoms with Gasteiger partial charge >= 0.3 is 6.03 Å². The zero-order valence-electron chi connectivity index (χ0n) is 19.5. The Bertz CT molecular complexity index is 623. The lowest BCUT2D eigenvalue weighted by molar-refractivity contribution is -0.158. The largest absolute Gasteiger partial charge is 0.342 e. The van der Waals surface area contributed by atoms with Crippen molar-refractivity contribution in [2.45, 2.75) is 85.1 Å². The zero-order valence-corrected chi connectivity index (χ0v) is 19.5. The third-order valence-electron chi connectivity index (χ3n) is 9.49. The maximum atomic E-state index is 12.3. The van der Waals surface area contributed by atoms with Crippen LogP contribution in [0.2, 0.25) is 0 Å². The summed E-state index contributed by atoms with van der Waals surface area (Å²) in [6.45, 7) is 9.79. The number of urea groups is 1. The maximum absolute atomic E-state index is 12.3. The zero-order chi connectivity index (χ0) is 21.4. The summed E-state index contributed by atoms with van der Waals surface area (Å²) in [5.74, 6) is 3.29. The van der Waals surface area contributed by atoms with Crippen molar-refractivity contribution in [2.75, 3.05) is 20.6 Å². The van der Waals surface area contributed by atoms with E-state index in [1.54, 1.807) is 7.05 Å². The van der Waals surface area contributed by atoms with E-state index in [1.165, 1.54) is 38.5 Å². The molecule has 1 aliphatic heterocycles. The molecular weight excluding hydrogens is 362 g/mol. The summed E-state index contributed by atoms with van der Waals surface area (Å²) in [5, 5.41) is 5.75. The number of hydrogen-bond acceptors (Lipinski definition) is 2. The molecular formula is C24H43N3O2. The Morgan fingerprint density at radius 1 is 1.03 bits per heavy atom. The van der Waals surface area contributed by atoms with Crippen molar-refractivity contribution in [3.63, 3.8) is 0 Å². The molecule has 7 unspecified atom stereocenters. The lowest BCUT2D eigenvalue weighted by atomic mass is 9.47. The Morgan fingerprint density at radius 3 is 2.41 bits per heavy atom. The molecule has 3 saturated carbocycles. The number of carbonyl (C=O) groups is 2. The SMILES string of the molecule is CC.CNC(=O)NCC1CCC2C3CCC4N(C)C(=O)CCC4(C)C3CCC12C. The van der Waals surface area contributed by atoms with Gasteiger partial charge in [-0.2, -0.15) is 0 Å². The first-order valence-electron chi connectivity index (χ1n) is 12.0. The summed E-state index contributed by atoms with van der Waals surface area (Å²) in [7, 11) is 3.72. The van der Waals surface area contributed by atoms with Crippen LogP contribution in [-0.4, -0.2) is 43.5 Å². The Labute approximate surface area is 177 Å². The summed E-state index contributed by atoms with van der Waals surface area (Å²) in [6, 6.07) is 0.384. The Balaban J connectivity index is 0.00000117. The van der Waals surface area contributed by atoms with E-state index in [0.29, 0.717) is 28.7 Å². The van der Waals surface area contributed by atoms with Gasteiger partial charge in [0.05, 0.1) is 0 Å². The molecule has 0 aromatic carbocycles. The van der Waals surface area contributed by atoms with E-state index in [1.807, 2.05) is 20.9 Å². The molecule has 7 atom stereocenters.